The molecule has 2 heterocycles. The number of imidazole rings is 1. The third-order valence-corrected chi connectivity index (χ3v) is 4.02. The van der Waals surface area contributed by atoms with Crippen LogP contribution in [-0.2, 0) is 19.6 Å². The lowest BCUT2D eigenvalue weighted by atomic mass is 10.2. The SMILES string of the molecule is CN(CCCc1nc2ccccc2[nH]1)C(=O)c1cn(C)nc1C(F)(F)F. The van der Waals surface area contributed by atoms with Crippen LogP contribution in [-0.4, -0.2) is 44.1 Å². The topological polar surface area (TPSA) is 66.8 Å². The Bertz CT molecular complexity index is 895. The van der Waals surface area contributed by atoms with Crippen LogP contribution in [0.2, 0.25) is 0 Å². The van der Waals surface area contributed by atoms with Crippen molar-refractivity contribution in [1.82, 2.24) is 24.6 Å². The van der Waals surface area contributed by atoms with Gasteiger partial charge in [0, 0.05) is 33.3 Å². The van der Waals surface area contributed by atoms with E-state index in [1.54, 1.807) is 0 Å². The summed E-state index contributed by atoms with van der Waals surface area (Å²) >= 11 is 0. The Morgan fingerprint density at radius 1 is 1.31 bits per heavy atom. The normalized spacial score (nSPS) is 11.9. The molecule has 0 aliphatic rings. The number of H-pyrrole nitrogens is 1. The summed E-state index contributed by atoms with van der Waals surface area (Å²) in [6.45, 7) is 0.308. The van der Waals surface area contributed by atoms with Gasteiger partial charge in [0.05, 0.1) is 16.6 Å². The lowest BCUT2D eigenvalue weighted by Gasteiger charge is -2.17. The number of aromatic nitrogens is 4. The minimum absolute atomic E-state index is 0.308. The predicted octanol–water partition coefficient (Wildman–Crippen LogP) is 3.02. The number of fused-ring (bicyclic) bond motifs is 1. The average molecular weight is 365 g/mol. The van der Waals surface area contributed by atoms with Gasteiger partial charge in [-0.3, -0.25) is 9.48 Å². The minimum Gasteiger partial charge on any atom is -0.342 e. The van der Waals surface area contributed by atoms with Crippen molar-refractivity contribution < 1.29 is 18.0 Å². The van der Waals surface area contributed by atoms with Crippen molar-refractivity contribution in [3.05, 3.63) is 47.5 Å². The summed E-state index contributed by atoms with van der Waals surface area (Å²) in [5.74, 6) is 0.0828. The molecule has 26 heavy (non-hydrogen) atoms. The van der Waals surface area contributed by atoms with Gasteiger partial charge in [-0.25, -0.2) is 4.98 Å². The molecule has 0 saturated heterocycles. The highest BCUT2D eigenvalue weighted by Gasteiger charge is 2.39. The molecule has 138 valence electrons. The summed E-state index contributed by atoms with van der Waals surface area (Å²) in [6.07, 6.45) is -2.41. The van der Waals surface area contributed by atoms with Crippen LogP contribution in [0.25, 0.3) is 11.0 Å². The highest BCUT2D eigenvalue weighted by Crippen LogP contribution is 2.31. The summed E-state index contributed by atoms with van der Waals surface area (Å²) in [4.78, 5) is 21.3. The summed E-state index contributed by atoms with van der Waals surface area (Å²) in [6, 6.07) is 7.61. The molecule has 6 nitrogen and oxygen atoms in total. The van der Waals surface area contributed by atoms with Crippen LogP contribution in [0.3, 0.4) is 0 Å². The lowest BCUT2D eigenvalue weighted by Crippen LogP contribution is -2.29. The Labute approximate surface area is 147 Å². The second-order valence-electron chi connectivity index (χ2n) is 6.09. The maximum absolute atomic E-state index is 13.0. The van der Waals surface area contributed by atoms with Crippen LogP contribution in [0, 0.1) is 0 Å². The van der Waals surface area contributed by atoms with Crippen LogP contribution in [0.1, 0.15) is 28.3 Å². The third kappa shape index (κ3) is 3.71. The number of carbonyl (C=O) groups excluding carboxylic acids is 1. The number of halogens is 3. The molecule has 0 radical (unpaired) electrons. The highest BCUT2D eigenvalue weighted by molar-refractivity contribution is 5.95. The molecule has 0 saturated carbocycles. The van der Waals surface area contributed by atoms with E-state index in [1.807, 2.05) is 24.3 Å². The Morgan fingerprint density at radius 2 is 2.04 bits per heavy atom. The number of rotatable bonds is 5. The zero-order valence-corrected chi connectivity index (χ0v) is 14.3. The molecular weight excluding hydrogens is 347 g/mol. The summed E-state index contributed by atoms with van der Waals surface area (Å²) in [7, 11) is 2.84. The third-order valence-electron chi connectivity index (χ3n) is 4.02. The van der Waals surface area contributed by atoms with Crippen molar-refractivity contribution in [2.24, 2.45) is 7.05 Å². The maximum Gasteiger partial charge on any atom is 0.435 e. The molecule has 0 aliphatic carbocycles. The van der Waals surface area contributed by atoms with Crippen molar-refractivity contribution in [3.63, 3.8) is 0 Å². The van der Waals surface area contributed by atoms with E-state index in [0.717, 1.165) is 27.7 Å². The number of alkyl halides is 3. The van der Waals surface area contributed by atoms with Crippen molar-refractivity contribution in [1.29, 1.82) is 0 Å². The molecule has 0 bridgehead atoms. The molecule has 1 N–H and O–H groups in total. The van der Waals surface area contributed by atoms with E-state index in [9.17, 15) is 18.0 Å². The number of nitrogens with one attached hydrogen (secondary N) is 1. The average Bonchev–Trinajstić information content (AvgIpc) is 3.16. The van der Waals surface area contributed by atoms with Crippen LogP contribution < -0.4 is 0 Å². The molecule has 9 heteroatoms. The Morgan fingerprint density at radius 3 is 2.73 bits per heavy atom. The van der Waals surface area contributed by atoms with E-state index < -0.39 is 23.3 Å². The second kappa shape index (κ2) is 6.81. The number of aryl methyl sites for hydroxylation is 2. The number of nitrogens with zero attached hydrogens (tertiary/aromatic N) is 4. The first-order chi connectivity index (χ1) is 12.3. The van der Waals surface area contributed by atoms with Gasteiger partial charge in [0.25, 0.3) is 5.91 Å². The van der Waals surface area contributed by atoms with Crippen LogP contribution in [0.5, 0.6) is 0 Å². The van der Waals surface area contributed by atoms with Crippen molar-refractivity contribution >= 4 is 16.9 Å². The lowest BCUT2D eigenvalue weighted by molar-refractivity contribution is -0.141. The smallest absolute Gasteiger partial charge is 0.342 e. The van der Waals surface area contributed by atoms with Gasteiger partial charge in [0.1, 0.15) is 5.82 Å². The molecular formula is C17H18F3N5O. The number of aromatic amines is 1. The molecule has 0 aliphatic heterocycles. The summed E-state index contributed by atoms with van der Waals surface area (Å²) in [5, 5.41) is 3.37. The zero-order valence-electron chi connectivity index (χ0n) is 14.3. The maximum atomic E-state index is 13.0. The Balaban J connectivity index is 1.63. The molecule has 1 aromatic carbocycles. The van der Waals surface area contributed by atoms with Gasteiger partial charge < -0.3 is 9.88 Å². The first kappa shape index (κ1) is 18.0. The number of amides is 1. The molecule has 2 aromatic heterocycles. The fourth-order valence-electron chi connectivity index (χ4n) is 2.77. The fraction of sp³-hybridized carbons (Fsp3) is 0.353. The van der Waals surface area contributed by atoms with Gasteiger partial charge in [-0.05, 0) is 18.6 Å². The van der Waals surface area contributed by atoms with Gasteiger partial charge in [-0.1, -0.05) is 12.1 Å². The molecule has 0 unspecified atom stereocenters. The monoisotopic (exact) mass is 365 g/mol. The van der Waals surface area contributed by atoms with Crippen LogP contribution >= 0.6 is 0 Å². The molecule has 0 spiro atoms. The Kier molecular flexibility index (Phi) is 4.71. The number of carbonyl (C=O) groups is 1. The number of para-hydroxylation sites is 2. The van der Waals surface area contributed by atoms with Crippen LogP contribution in [0.4, 0.5) is 13.2 Å². The number of hydrogen-bond acceptors (Lipinski definition) is 3. The first-order valence-corrected chi connectivity index (χ1v) is 8.05. The van der Waals surface area contributed by atoms with E-state index in [2.05, 4.69) is 15.1 Å². The van der Waals surface area contributed by atoms with E-state index in [1.165, 1.54) is 19.0 Å². The van der Waals surface area contributed by atoms with Gasteiger partial charge in [-0.15, -0.1) is 0 Å². The molecule has 3 rings (SSSR count). The van der Waals surface area contributed by atoms with E-state index in [0.29, 0.717) is 19.4 Å². The molecule has 3 aromatic rings. The molecule has 0 atom stereocenters. The summed E-state index contributed by atoms with van der Waals surface area (Å²) < 4.78 is 40.0. The van der Waals surface area contributed by atoms with Crippen LogP contribution in [0.15, 0.2) is 30.5 Å². The summed E-state index contributed by atoms with van der Waals surface area (Å²) in [5.41, 5.74) is 0.189. The van der Waals surface area contributed by atoms with E-state index >= 15 is 0 Å². The standard InChI is InChI=1S/C17H18F3N5O/c1-24(16(26)11-10-25(2)23-15(11)17(18,19)20)9-5-8-14-21-12-6-3-4-7-13(12)22-14/h3-4,6-7,10H,5,8-9H2,1-2H3,(H,21,22). The van der Waals surface area contributed by atoms with Gasteiger partial charge in [-0.2, -0.15) is 18.3 Å². The van der Waals surface area contributed by atoms with Crippen molar-refractivity contribution in [2.45, 2.75) is 19.0 Å². The van der Waals surface area contributed by atoms with E-state index in [4.69, 9.17) is 0 Å². The highest BCUT2D eigenvalue weighted by atomic mass is 19.4. The van der Waals surface area contributed by atoms with E-state index in [-0.39, 0.29) is 0 Å². The van der Waals surface area contributed by atoms with Crippen molar-refractivity contribution in [3.8, 4) is 0 Å². The van der Waals surface area contributed by atoms with Crippen molar-refractivity contribution in [2.75, 3.05) is 13.6 Å². The predicted molar refractivity (Wildman–Crippen MR) is 89.6 cm³/mol. The Hall–Kier alpha value is -2.84. The minimum atomic E-state index is -4.67. The molecule has 0 fully saturated rings. The van der Waals surface area contributed by atoms with Gasteiger partial charge in [0.2, 0.25) is 0 Å². The van der Waals surface area contributed by atoms with Gasteiger partial charge in [0.15, 0.2) is 5.69 Å². The first-order valence-electron chi connectivity index (χ1n) is 8.05. The second-order valence-corrected chi connectivity index (χ2v) is 6.09. The van der Waals surface area contributed by atoms with Gasteiger partial charge >= 0.3 is 6.18 Å². The number of benzene rings is 1. The largest absolute Gasteiger partial charge is 0.435 e. The zero-order chi connectivity index (χ0) is 18.9. The fourth-order valence-corrected chi connectivity index (χ4v) is 2.77. The number of hydrogen-bond donors (Lipinski definition) is 1. The quantitative estimate of drug-likeness (QED) is 0.756. The molecule has 1 amide bonds.